The van der Waals surface area contributed by atoms with Gasteiger partial charge in [-0.15, -0.1) is 0 Å². The van der Waals surface area contributed by atoms with Gasteiger partial charge < -0.3 is 0 Å². The Balaban J connectivity index is 0.987. The van der Waals surface area contributed by atoms with Crippen molar-refractivity contribution >= 4 is 75.4 Å². The minimum atomic E-state index is 1.22. The van der Waals surface area contributed by atoms with Crippen molar-refractivity contribution in [3.05, 3.63) is 206 Å². The molecule has 0 aromatic heterocycles. The molecule has 0 nitrogen and oxygen atoms in total. The summed E-state index contributed by atoms with van der Waals surface area (Å²) in [6, 6.07) is 77.1. The van der Waals surface area contributed by atoms with E-state index < -0.39 is 0 Å². The first-order chi connectivity index (χ1) is 28.8. The smallest absolute Gasteiger partial charge is 0.00199 e. The molecule has 13 rings (SSSR count). The summed E-state index contributed by atoms with van der Waals surface area (Å²) in [6.45, 7) is 0. The van der Waals surface area contributed by atoms with Crippen molar-refractivity contribution in [2.45, 2.75) is 0 Å². The molecular weight excluding hydrogens is 697 g/mol. The van der Waals surface area contributed by atoms with Crippen molar-refractivity contribution in [2.75, 3.05) is 0 Å². The molecular formula is C58H34. The van der Waals surface area contributed by atoms with E-state index >= 15 is 0 Å². The Labute approximate surface area is 335 Å². The second-order valence-corrected chi connectivity index (χ2v) is 15.9. The van der Waals surface area contributed by atoms with Crippen molar-refractivity contribution in [1.82, 2.24) is 0 Å². The number of hydrogen-bond donors (Lipinski definition) is 0. The van der Waals surface area contributed by atoms with Gasteiger partial charge in [-0.1, -0.05) is 176 Å². The summed E-state index contributed by atoms with van der Waals surface area (Å²) in [7, 11) is 0. The molecule has 0 aliphatic heterocycles. The average molecular weight is 731 g/mol. The topological polar surface area (TPSA) is 0 Å². The van der Waals surface area contributed by atoms with Gasteiger partial charge in [0.1, 0.15) is 0 Å². The van der Waals surface area contributed by atoms with Crippen LogP contribution < -0.4 is 0 Å². The van der Waals surface area contributed by atoms with Crippen molar-refractivity contribution in [3.63, 3.8) is 0 Å². The van der Waals surface area contributed by atoms with E-state index in [2.05, 4.69) is 206 Å². The molecule has 0 saturated heterocycles. The highest BCUT2D eigenvalue weighted by Crippen LogP contribution is 2.50. The normalized spacial score (nSPS) is 12.1. The summed E-state index contributed by atoms with van der Waals surface area (Å²) < 4.78 is 0. The number of benzene rings is 12. The molecule has 266 valence electrons. The Morgan fingerprint density at radius 2 is 0.638 bits per heavy atom. The van der Waals surface area contributed by atoms with E-state index in [-0.39, 0.29) is 0 Å². The lowest BCUT2D eigenvalue weighted by atomic mass is 9.86. The molecule has 0 spiro atoms. The van der Waals surface area contributed by atoms with Gasteiger partial charge in [-0.3, -0.25) is 0 Å². The quantitative estimate of drug-likeness (QED) is 0.159. The van der Waals surface area contributed by atoms with Crippen LogP contribution in [0.2, 0.25) is 0 Å². The predicted octanol–water partition coefficient (Wildman–Crippen LogP) is 16.4. The lowest BCUT2D eigenvalue weighted by Gasteiger charge is -2.17. The molecule has 0 bridgehead atoms. The van der Waals surface area contributed by atoms with Gasteiger partial charge in [0.25, 0.3) is 0 Å². The molecule has 12 aromatic rings. The van der Waals surface area contributed by atoms with E-state index in [1.807, 2.05) is 0 Å². The predicted molar refractivity (Wildman–Crippen MR) is 250 cm³/mol. The first-order valence-corrected chi connectivity index (χ1v) is 20.2. The van der Waals surface area contributed by atoms with Crippen molar-refractivity contribution in [2.24, 2.45) is 0 Å². The second kappa shape index (κ2) is 12.0. The van der Waals surface area contributed by atoms with Crippen LogP contribution in [0, 0.1) is 0 Å². The van der Waals surface area contributed by atoms with E-state index in [0.29, 0.717) is 0 Å². The zero-order chi connectivity index (χ0) is 37.9. The van der Waals surface area contributed by atoms with Crippen molar-refractivity contribution in [1.29, 1.82) is 0 Å². The third-order valence-corrected chi connectivity index (χ3v) is 12.9. The largest absolute Gasteiger partial charge is 0.0616 e. The van der Waals surface area contributed by atoms with Crippen LogP contribution in [-0.2, 0) is 0 Å². The van der Waals surface area contributed by atoms with Crippen molar-refractivity contribution < 1.29 is 0 Å². The molecule has 0 saturated carbocycles. The number of rotatable bonds is 3. The summed E-state index contributed by atoms with van der Waals surface area (Å²) >= 11 is 0. The van der Waals surface area contributed by atoms with Gasteiger partial charge in [0.05, 0.1) is 0 Å². The van der Waals surface area contributed by atoms with Crippen LogP contribution >= 0.6 is 0 Å². The average Bonchev–Trinajstić information content (AvgIpc) is 3.62. The van der Waals surface area contributed by atoms with Gasteiger partial charge in [0.2, 0.25) is 0 Å². The summed E-state index contributed by atoms with van der Waals surface area (Å²) in [5.41, 5.74) is 12.8. The minimum Gasteiger partial charge on any atom is -0.0616 e. The van der Waals surface area contributed by atoms with E-state index in [1.165, 1.54) is 131 Å². The van der Waals surface area contributed by atoms with E-state index in [1.54, 1.807) is 0 Å². The third-order valence-electron chi connectivity index (χ3n) is 12.9. The van der Waals surface area contributed by atoms with Crippen LogP contribution in [0.4, 0.5) is 0 Å². The first-order valence-electron chi connectivity index (χ1n) is 20.2. The van der Waals surface area contributed by atoms with E-state index in [0.717, 1.165) is 0 Å². The van der Waals surface area contributed by atoms with Crippen LogP contribution in [0.25, 0.3) is 131 Å². The molecule has 12 aromatic carbocycles. The molecule has 0 fully saturated rings. The first kappa shape index (κ1) is 31.6. The minimum absolute atomic E-state index is 1.22. The Morgan fingerprint density at radius 3 is 1.36 bits per heavy atom. The SMILES string of the molecule is c1ccc2c(c1)-c1cccc3c(-c4ccc5cc(-c6cc(-c7cc8c9ccccc9c9ccccc9c8c8ccccc78)cc7ccccc67)ccc5c4)ccc-2c13. The highest BCUT2D eigenvalue weighted by Gasteiger charge is 2.22. The maximum atomic E-state index is 2.46. The molecule has 1 aliphatic carbocycles. The molecule has 0 unspecified atom stereocenters. The van der Waals surface area contributed by atoms with Gasteiger partial charge in [-0.05, 0) is 161 Å². The molecule has 0 atom stereocenters. The molecule has 1 aliphatic rings. The lowest BCUT2D eigenvalue weighted by molar-refractivity contribution is 1.65. The van der Waals surface area contributed by atoms with Crippen LogP contribution in [0.5, 0.6) is 0 Å². The monoisotopic (exact) mass is 730 g/mol. The van der Waals surface area contributed by atoms with Crippen molar-refractivity contribution in [3.8, 4) is 55.6 Å². The third kappa shape index (κ3) is 4.46. The van der Waals surface area contributed by atoms with Gasteiger partial charge >= 0.3 is 0 Å². The molecule has 0 heteroatoms. The molecule has 0 amide bonds. The number of hydrogen-bond acceptors (Lipinski definition) is 0. The fourth-order valence-electron chi connectivity index (χ4n) is 10.4. The molecule has 58 heavy (non-hydrogen) atoms. The van der Waals surface area contributed by atoms with E-state index in [9.17, 15) is 0 Å². The number of fused-ring (bicyclic) bond motifs is 13. The zero-order valence-corrected chi connectivity index (χ0v) is 31.6. The summed E-state index contributed by atoms with van der Waals surface area (Å²) in [6.07, 6.45) is 0. The highest BCUT2D eigenvalue weighted by molar-refractivity contribution is 6.33. The van der Waals surface area contributed by atoms with Crippen LogP contribution in [-0.4, -0.2) is 0 Å². The summed E-state index contributed by atoms with van der Waals surface area (Å²) in [4.78, 5) is 0. The zero-order valence-electron chi connectivity index (χ0n) is 31.6. The fraction of sp³-hybridized carbons (Fsp3) is 0. The highest BCUT2D eigenvalue weighted by atomic mass is 14.3. The fourth-order valence-corrected chi connectivity index (χ4v) is 10.4. The van der Waals surface area contributed by atoms with Gasteiger partial charge in [0.15, 0.2) is 0 Å². The molecule has 0 heterocycles. The molecule has 0 N–H and O–H groups in total. The Bertz CT molecular complexity index is 3700. The Hall–Kier alpha value is -7.54. The summed E-state index contributed by atoms with van der Waals surface area (Å²) in [5, 5.41) is 18.0. The standard InChI is InChI=1S/C58H34/c1-2-13-41-37(12-1)32-40(55-34-56-47-18-6-3-14-43(47)44-15-7-9-20-50(44)58(56)51-21-10-8-19-48(51)55)33-54(41)39-27-25-35-30-38(26-24-36(35)31-39)42-28-29-53-46-17-5-4-16-45(46)52-23-11-22-49(42)57(52)53/h1-34H. The second-order valence-electron chi connectivity index (χ2n) is 15.9. The van der Waals surface area contributed by atoms with Crippen LogP contribution in [0.1, 0.15) is 0 Å². The van der Waals surface area contributed by atoms with E-state index in [4.69, 9.17) is 0 Å². The molecule has 0 radical (unpaired) electrons. The Kier molecular flexibility index (Phi) is 6.54. The van der Waals surface area contributed by atoms with Crippen LogP contribution in [0.3, 0.4) is 0 Å². The van der Waals surface area contributed by atoms with Gasteiger partial charge in [-0.25, -0.2) is 0 Å². The maximum Gasteiger partial charge on any atom is -0.00199 e. The lowest BCUT2D eigenvalue weighted by Crippen LogP contribution is -1.90. The van der Waals surface area contributed by atoms with Gasteiger partial charge in [-0.2, -0.15) is 0 Å². The summed E-state index contributed by atoms with van der Waals surface area (Å²) in [5.74, 6) is 0. The Morgan fingerprint density at radius 1 is 0.172 bits per heavy atom. The van der Waals surface area contributed by atoms with Gasteiger partial charge in [0, 0.05) is 0 Å². The van der Waals surface area contributed by atoms with Crippen LogP contribution in [0.15, 0.2) is 206 Å². The maximum absolute atomic E-state index is 2.46.